The second-order valence-electron chi connectivity index (χ2n) is 34.1. The Labute approximate surface area is 745 Å². The van der Waals surface area contributed by atoms with E-state index in [9.17, 15) is 0 Å². The lowest BCUT2D eigenvalue weighted by molar-refractivity contribution is 0.795. The van der Waals surface area contributed by atoms with Crippen LogP contribution in [0.1, 0.15) is 123 Å². The summed E-state index contributed by atoms with van der Waals surface area (Å²) in [6, 6.07) is 152. The highest BCUT2D eigenvalue weighted by molar-refractivity contribution is 6.12. The Morgan fingerprint density at radius 3 is 0.881 bits per heavy atom. The molecular weight excluding hydrogens is 1520 g/mol. The molecule has 19 aromatic rings. The standard InChI is InChI=1S/2C62H53N/c1-5-42-14-22-46(23-15-42)52-34-53(47-24-16-43(6-2)17-25-47)37-56(36-52)50-30-32-61-59(40-50)60-41-51(31-33-62(60)63(61)58-12-10-9-11-13-58)57-38-54(48-26-18-44(7-3)19-27-48)35-55(39-57)49-28-20-45(8-4)21-29-49;1-3-5-14-43-22-26-47(27-23-43)51-34-36-56-58(39-51)59-40-52(48-28-24-44(25-29-48)15-6-4-2)35-37-57(59)62(56)54-21-13-20-53(38-54)61-42-55(41-60(63-61)50-18-11-8-12-19-50)49-32-30-46(31-33-49)45-16-9-7-10-17-45/h9-41H,5-8H2,1-4H3;7-13,16-42,62H,3-6,14-15H2,1-2H3. The number of hydrogen-bond donors (Lipinski definition) is 0. The van der Waals surface area contributed by atoms with Gasteiger partial charge in [-0.1, -0.05) is 358 Å². The molecule has 0 N–H and O–H groups in total. The second-order valence-corrected chi connectivity index (χ2v) is 34.1. The zero-order chi connectivity index (χ0) is 85.4. The zero-order valence-electron chi connectivity index (χ0n) is 73.2. The molecule has 1 aliphatic rings. The first kappa shape index (κ1) is 81.4. The van der Waals surface area contributed by atoms with Crippen molar-refractivity contribution in [1.82, 2.24) is 9.55 Å². The van der Waals surface area contributed by atoms with E-state index in [1.807, 2.05) is 0 Å². The molecule has 0 amide bonds. The van der Waals surface area contributed by atoms with Gasteiger partial charge in [0.1, 0.15) is 0 Å². The maximum atomic E-state index is 5.36. The third-order valence-electron chi connectivity index (χ3n) is 26.1. The number of aryl methyl sites for hydroxylation is 6. The summed E-state index contributed by atoms with van der Waals surface area (Å²) in [4.78, 5) is 5.36. The monoisotopic (exact) mass is 1620 g/mol. The van der Waals surface area contributed by atoms with Crippen LogP contribution in [0.25, 0.3) is 172 Å². The van der Waals surface area contributed by atoms with Gasteiger partial charge >= 0.3 is 0 Å². The van der Waals surface area contributed by atoms with Crippen LogP contribution in [0.5, 0.6) is 0 Å². The van der Waals surface area contributed by atoms with Gasteiger partial charge in [-0.05, 0) is 327 Å². The highest BCUT2D eigenvalue weighted by atomic mass is 15.0. The van der Waals surface area contributed by atoms with E-state index in [0.717, 1.165) is 72.3 Å². The first-order valence-corrected chi connectivity index (χ1v) is 45.7. The fraction of sp³-hybridized carbons (Fsp3) is 0.137. The summed E-state index contributed by atoms with van der Waals surface area (Å²) in [5.74, 6) is 0.0909. The fourth-order valence-electron chi connectivity index (χ4n) is 18.6. The quantitative estimate of drug-likeness (QED) is 0.0590. The van der Waals surface area contributed by atoms with Gasteiger partial charge in [-0.2, -0.15) is 0 Å². The molecular formula is C124H106N2. The molecule has 0 spiro atoms. The lowest BCUT2D eigenvalue weighted by Gasteiger charge is -2.17. The number of aromatic nitrogens is 2. The Bertz CT molecular complexity index is 6610. The van der Waals surface area contributed by atoms with Crippen LogP contribution < -0.4 is 0 Å². The molecule has 0 fully saturated rings. The third-order valence-corrected chi connectivity index (χ3v) is 26.1. The van der Waals surface area contributed by atoms with Gasteiger partial charge in [-0.15, -0.1) is 0 Å². The Hall–Kier alpha value is -14.3. The number of fused-ring (bicyclic) bond motifs is 6. The molecule has 0 unspecified atom stereocenters. The molecule has 0 atom stereocenters. The minimum absolute atomic E-state index is 0.0909. The van der Waals surface area contributed by atoms with Crippen molar-refractivity contribution in [2.75, 3.05) is 0 Å². The van der Waals surface area contributed by atoms with Crippen molar-refractivity contribution in [3.8, 4) is 151 Å². The lowest BCUT2D eigenvalue weighted by atomic mass is 9.87. The van der Waals surface area contributed by atoms with E-state index in [1.54, 1.807) is 0 Å². The van der Waals surface area contributed by atoms with Gasteiger partial charge in [-0.25, -0.2) is 4.98 Å². The van der Waals surface area contributed by atoms with Gasteiger partial charge in [0.2, 0.25) is 0 Å². The van der Waals surface area contributed by atoms with Crippen molar-refractivity contribution in [2.45, 2.75) is 112 Å². The van der Waals surface area contributed by atoms with E-state index in [4.69, 9.17) is 4.98 Å². The molecule has 2 heterocycles. The molecule has 1 aliphatic carbocycles. The van der Waals surface area contributed by atoms with E-state index in [0.29, 0.717) is 0 Å². The Morgan fingerprint density at radius 2 is 0.500 bits per heavy atom. The summed E-state index contributed by atoms with van der Waals surface area (Å²) in [6.07, 6.45) is 11.2. The average molecular weight is 1620 g/mol. The zero-order valence-corrected chi connectivity index (χ0v) is 73.2. The number of pyridine rings is 1. The predicted octanol–water partition coefficient (Wildman–Crippen LogP) is 34.0. The Kier molecular flexibility index (Phi) is 23.9. The molecule has 20 rings (SSSR count). The second kappa shape index (κ2) is 37.0. The predicted molar refractivity (Wildman–Crippen MR) is 538 cm³/mol. The largest absolute Gasteiger partial charge is 0.309 e. The van der Waals surface area contributed by atoms with Crippen LogP contribution in [0.3, 0.4) is 0 Å². The van der Waals surface area contributed by atoms with E-state index in [-0.39, 0.29) is 5.92 Å². The fourth-order valence-corrected chi connectivity index (χ4v) is 18.6. The smallest absolute Gasteiger partial charge is 0.0715 e. The van der Waals surface area contributed by atoms with Crippen molar-refractivity contribution >= 4 is 21.8 Å². The van der Waals surface area contributed by atoms with Crippen molar-refractivity contribution in [3.63, 3.8) is 0 Å². The molecule has 0 saturated heterocycles. The maximum Gasteiger partial charge on any atom is 0.0715 e. The molecule has 2 heteroatoms. The van der Waals surface area contributed by atoms with Crippen LogP contribution in [-0.4, -0.2) is 9.55 Å². The van der Waals surface area contributed by atoms with Gasteiger partial charge in [0.25, 0.3) is 0 Å². The van der Waals surface area contributed by atoms with Crippen molar-refractivity contribution in [1.29, 1.82) is 0 Å². The molecule has 0 radical (unpaired) electrons. The minimum Gasteiger partial charge on any atom is -0.309 e. The third kappa shape index (κ3) is 17.3. The van der Waals surface area contributed by atoms with Crippen molar-refractivity contribution < 1.29 is 0 Å². The Balaban J connectivity index is 0.000000165. The van der Waals surface area contributed by atoms with Gasteiger partial charge in [0.15, 0.2) is 0 Å². The summed E-state index contributed by atoms with van der Waals surface area (Å²) < 4.78 is 2.43. The number of para-hydroxylation sites is 1. The summed E-state index contributed by atoms with van der Waals surface area (Å²) >= 11 is 0. The SMILES string of the molecule is CCCCc1ccc(-c2ccc3c(c2)-c2cc(-c4ccc(CCCC)cc4)ccc2C3c2cccc(-c3cc(-c4ccc(-c5ccccc5)cc4)cc(-c4ccccc4)n3)c2)cc1.CCc1ccc(-c2cc(-c3ccc(CC)cc3)cc(-c3ccc4c(c3)c3cc(-c5cc(-c6ccc(CC)cc6)cc(-c6ccc(CC)cc6)c5)ccc3n4-c3ccccc3)c2)cc1. The molecule has 126 heavy (non-hydrogen) atoms. The molecule has 0 bridgehead atoms. The van der Waals surface area contributed by atoms with Crippen LogP contribution in [0, 0.1) is 0 Å². The number of unbranched alkanes of at least 4 members (excludes halogenated alkanes) is 2. The number of rotatable bonds is 24. The van der Waals surface area contributed by atoms with E-state index >= 15 is 0 Å². The molecule has 2 nitrogen and oxygen atoms in total. The Morgan fingerprint density at radius 1 is 0.214 bits per heavy atom. The van der Waals surface area contributed by atoms with E-state index in [1.165, 1.54) is 214 Å². The summed E-state index contributed by atoms with van der Waals surface area (Å²) in [6.45, 7) is 13.4. The van der Waals surface area contributed by atoms with Gasteiger partial charge < -0.3 is 4.57 Å². The molecule has 0 saturated carbocycles. The first-order chi connectivity index (χ1) is 62.1. The highest BCUT2D eigenvalue weighted by Gasteiger charge is 2.32. The highest BCUT2D eigenvalue weighted by Crippen LogP contribution is 2.52. The average Bonchev–Trinajstić information content (AvgIpc) is 1.58. The first-order valence-electron chi connectivity index (χ1n) is 45.7. The lowest BCUT2D eigenvalue weighted by Crippen LogP contribution is -2.00. The molecule has 17 aromatic carbocycles. The van der Waals surface area contributed by atoms with Crippen molar-refractivity contribution in [2.24, 2.45) is 0 Å². The number of hydrogen-bond acceptors (Lipinski definition) is 1. The van der Waals surface area contributed by atoms with Gasteiger partial charge in [-0.3, -0.25) is 0 Å². The normalized spacial score (nSPS) is 11.7. The topological polar surface area (TPSA) is 17.8 Å². The number of nitrogens with zero attached hydrogens (tertiary/aromatic N) is 2. The summed E-state index contributed by atoms with van der Waals surface area (Å²) in [5, 5.41) is 2.47. The van der Waals surface area contributed by atoms with Crippen molar-refractivity contribution in [3.05, 3.63) is 457 Å². The van der Waals surface area contributed by atoms with Crippen LogP contribution in [0.2, 0.25) is 0 Å². The van der Waals surface area contributed by atoms with Crippen LogP contribution in [0.15, 0.2) is 406 Å². The van der Waals surface area contributed by atoms with Gasteiger partial charge in [0.05, 0.1) is 22.4 Å². The summed E-state index contributed by atoms with van der Waals surface area (Å²) in [7, 11) is 0. The number of benzene rings is 17. The summed E-state index contributed by atoms with van der Waals surface area (Å²) in [5.41, 5.74) is 47.0. The molecule has 2 aromatic heterocycles. The van der Waals surface area contributed by atoms with E-state index in [2.05, 4.69) is 453 Å². The molecule has 0 aliphatic heterocycles. The van der Waals surface area contributed by atoms with Crippen LogP contribution >= 0.6 is 0 Å². The molecule has 612 valence electrons. The maximum absolute atomic E-state index is 5.36. The van der Waals surface area contributed by atoms with Crippen LogP contribution in [-0.2, 0) is 38.5 Å². The van der Waals surface area contributed by atoms with Gasteiger partial charge in [0, 0.05) is 33.5 Å². The minimum atomic E-state index is 0.0909. The van der Waals surface area contributed by atoms with E-state index < -0.39 is 0 Å². The van der Waals surface area contributed by atoms with Crippen LogP contribution in [0.4, 0.5) is 0 Å².